The summed E-state index contributed by atoms with van der Waals surface area (Å²) >= 11 is 0. The third kappa shape index (κ3) is 13.8. The second-order valence-electron chi connectivity index (χ2n) is 32.5. The van der Waals surface area contributed by atoms with Crippen molar-refractivity contribution in [1.82, 2.24) is 0 Å². The van der Waals surface area contributed by atoms with E-state index in [4.69, 9.17) is 0 Å². The van der Waals surface area contributed by atoms with Crippen molar-refractivity contribution in [3.8, 4) is 111 Å². The fourth-order valence-corrected chi connectivity index (χ4v) is 19.2. The van der Waals surface area contributed by atoms with Gasteiger partial charge in [-0.1, -0.05) is 448 Å². The first kappa shape index (κ1) is 73.5. The van der Waals surface area contributed by atoms with Crippen LogP contribution in [-0.2, 0) is 0 Å². The molecular formula is C123H82. The number of aryl methyl sites for hydroxylation is 1. The summed E-state index contributed by atoms with van der Waals surface area (Å²) in [6.45, 7) is 2.14. The van der Waals surface area contributed by atoms with E-state index in [1.54, 1.807) is 0 Å². The third-order valence-corrected chi connectivity index (χ3v) is 25.2. The lowest BCUT2D eigenvalue weighted by molar-refractivity contribution is 1.47. The van der Waals surface area contributed by atoms with E-state index in [1.807, 2.05) is 0 Å². The average Bonchev–Trinajstić information content (AvgIpc) is 0.734. The molecule has 574 valence electrons. The van der Waals surface area contributed by atoms with Crippen LogP contribution >= 0.6 is 0 Å². The molecule has 0 aliphatic carbocycles. The van der Waals surface area contributed by atoms with E-state index in [-0.39, 0.29) is 0 Å². The lowest BCUT2D eigenvalue weighted by Crippen LogP contribution is -1.92. The van der Waals surface area contributed by atoms with Crippen LogP contribution in [0.25, 0.3) is 230 Å². The zero-order chi connectivity index (χ0) is 81.7. The maximum Gasteiger partial charge on any atom is -0.00259 e. The van der Waals surface area contributed by atoms with E-state index in [0.29, 0.717) is 0 Å². The molecule has 0 heteroatoms. The highest BCUT2D eigenvalue weighted by Crippen LogP contribution is 2.50. The van der Waals surface area contributed by atoms with Crippen LogP contribution in [-0.4, -0.2) is 0 Å². The topological polar surface area (TPSA) is 0 Å². The predicted molar refractivity (Wildman–Crippen MR) is 531 cm³/mol. The summed E-state index contributed by atoms with van der Waals surface area (Å²) in [5.74, 6) is 0. The molecule has 24 aromatic rings. The highest BCUT2D eigenvalue weighted by Gasteiger charge is 2.23. The molecule has 0 nitrogen and oxygen atoms in total. The summed E-state index contributed by atoms with van der Waals surface area (Å²) in [5, 5.41) is 28.0. The van der Waals surface area contributed by atoms with Gasteiger partial charge >= 0.3 is 0 Å². The standard InChI is InChI=1S/C42H28.C41H28.C40H26/c1-3-11-29(12-4-1)31-19-23-33(24-20-31)41-37-17-9-10-18-38(37)42(40-28-36-16-8-7-15-35(36)27-39(40)41)34-25-21-32(22-26-34)30-13-5-2-6-14-30;1-27-14-16-30(17-15-27)33-22-23-38-39(26-33)41(35-21-19-29-9-3-5-11-32(29)25-35)37-13-7-6-12-36(37)40(38)34-20-18-28-8-2-4-10-31(28)24-34;1-2-12-31-26-32(25-20-27(31)10-1)40-37-17-7-5-15-35(37)39(36-16-6-8-18-38(36)40)30-23-21-29(22-24-30)34-19-9-13-28-11-3-4-14-33(28)34/h1-28H;2-26H,1H3;1-26H. The molecule has 0 spiro atoms. The van der Waals surface area contributed by atoms with E-state index in [1.165, 1.54) is 235 Å². The fourth-order valence-electron chi connectivity index (χ4n) is 19.2. The first-order valence-electron chi connectivity index (χ1n) is 42.7. The van der Waals surface area contributed by atoms with Crippen molar-refractivity contribution in [2.45, 2.75) is 6.92 Å². The van der Waals surface area contributed by atoms with Gasteiger partial charge in [-0.05, 0) is 273 Å². The minimum absolute atomic E-state index is 1.23. The van der Waals surface area contributed by atoms with Gasteiger partial charge < -0.3 is 0 Å². The molecule has 0 saturated carbocycles. The summed E-state index contributed by atoms with van der Waals surface area (Å²) in [6.07, 6.45) is 0. The van der Waals surface area contributed by atoms with Gasteiger partial charge in [0.1, 0.15) is 0 Å². The lowest BCUT2D eigenvalue weighted by Gasteiger charge is -2.19. The molecule has 0 fully saturated rings. The molecule has 123 heavy (non-hydrogen) atoms. The van der Waals surface area contributed by atoms with Crippen molar-refractivity contribution in [2.24, 2.45) is 0 Å². The molecule has 24 rings (SSSR count). The predicted octanol–water partition coefficient (Wildman–Crippen LogP) is 34.7. The highest BCUT2D eigenvalue weighted by molar-refractivity contribution is 6.26. The second kappa shape index (κ2) is 31.8. The van der Waals surface area contributed by atoms with Gasteiger partial charge in [-0.25, -0.2) is 0 Å². The van der Waals surface area contributed by atoms with E-state index in [0.717, 1.165) is 0 Å². The minimum atomic E-state index is 1.23. The molecule has 0 N–H and O–H groups in total. The first-order valence-corrected chi connectivity index (χ1v) is 42.7. The zero-order valence-corrected chi connectivity index (χ0v) is 68.1. The molecular weight excluding hydrogens is 1480 g/mol. The van der Waals surface area contributed by atoms with Gasteiger partial charge in [0.05, 0.1) is 0 Å². The fraction of sp³-hybridized carbons (Fsp3) is 0.00813. The Morgan fingerprint density at radius 2 is 0.333 bits per heavy atom. The second-order valence-corrected chi connectivity index (χ2v) is 32.5. The molecule has 0 heterocycles. The maximum atomic E-state index is 2.40. The summed E-state index contributed by atoms with van der Waals surface area (Å²) in [7, 11) is 0. The zero-order valence-electron chi connectivity index (χ0n) is 68.1. The normalized spacial score (nSPS) is 11.5. The highest BCUT2D eigenvalue weighted by atomic mass is 14.3. The van der Waals surface area contributed by atoms with Gasteiger partial charge in [0.2, 0.25) is 0 Å². The van der Waals surface area contributed by atoms with Crippen LogP contribution in [0, 0.1) is 6.92 Å². The lowest BCUT2D eigenvalue weighted by atomic mass is 9.84. The Morgan fingerprint density at radius 3 is 0.715 bits per heavy atom. The molecule has 0 atom stereocenters. The van der Waals surface area contributed by atoms with Crippen LogP contribution < -0.4 is 0 Å². The van der Waals surface area contributed by atoms with Gasteiger partial charge in [-0.3, -0.25) is 0 Å². The number of hydrogen-bond acceptors (Lipinski definition) is 0. The van der Waals surface area contributed by atoms with Gasteiger partial charge in [0.25, 0.3) is 0 Å². The summed E-state index contributed by atoms with van der Waals surface area (Å²) in [6, 6.07) is 175. The van der Waals surface area contributed by atoms with Crippen molar-refractivity contribution in [3.63, 3.8) is 0 Å². The van der Waals surface area contributed by atoms with Crippen molar-refractivity contribution in [3.05, 3.63) is 485 Å². The monoisotopic (exact) mass is 1560 g/mol. The molecule has 0 aliphatic heterocycles. The number of benzene rings is 24. The van der Waals surface area contributed by atoms with Crippen molar-refractivity contribution < 1.29 is 0 Å². The third-order valence-electron chi connectivity index (χ3n) is 25.2. The SMILES string of the molecule is Cc1ccc(-c2ccc3c(-c4ccc5ccccc5c4)c4ccccc4c(-c4ccc5ccccc5c4)c3c2)cc1.c1ccc(-c2ccc(-c3c4ccccc4c(-c4ccc(-c5ccccc5)cc4)c4cc5ccccc5cc34)cc2)cc1.c1ccc2cc(-c3c4ccccc4c(-c4ccc(-c5cccc6ccccc56)cc4)c4ccccc34)ccc2c1. The number of fused-ring (bicyclic) bond motifs is 11. The van der Waals surface area contributed by atoms with Gasteiger partial charge in [0.15, 0.2) is 0 Å². The molecule has 0 bridgehead atoms. The van der Waals surface area contributed by atoms with Crippen LogP contribution in [0.2, 0.25) is 0 Å². The van der Waals surface area contributed by atoms with Crippen molar-refractivity contribution in [1.29, 1.82) is 0 Å². The number of hydrogen-bond donors (Lipinski definition) is 0. The first-order chi connectivity index (χ1) is 60.9. The van der Waals surface area contributed by atoms with Crippen LogP contribution in [0.4, 0.5) is 0 Å². The summed E-state index contributed by atoms with van der Waals surface area (Å²) in [4.78, 5) is 0. The Labute approximate surface area is 716 Å². The Bertz CT molecular complexity index is 7960. The summed E-state index contributed by atoms with van der Waals surface area (Å²) < 4.78 is 0. The minimum Gasteiger partial charge on any atom is -0.0622 e. The largest absolute Gasteiger partial charge is 0.0622 e. The molecule has 0 unspecified atom stereocenters. The molecule has 0 saturated heterocycles. The smallest absolute Gasteiger partial charge is 0.00259 e. The molecule has 0 radical (unpaired) electrons. The van der Waals surface area contributed by atoms with Crippen LogP contribution in [0.5, 0.6) is 0 Å². The Morgan fingerprint density at radius 1 is 0.106 bits per heavy atom. The van der Waals surface area contributed by atoms with Crippen LogP contribution in [0.1, 0.15) is 5.56 Å². The van der Waals surface area contributed by atoms with E-state index in [2.05, 4.69) is 486 Å². The average molecular weight is 1560 g/mol. The van der Waals surface area contributed by atoms with Gasteiger partial charge in [0, 0.05) is 0 Å². The Balaban J connectivity index is 0.000000110. The molecule has 0 aliphatic rings. The van der Waals surface area contributed by atoms with Gasteiger partial charge in [-0.2, -0.15) is 0 Å². The Kier molecular flexibility index (Phi) is 19.0. The number of rotatable bonds is 10. The van der Waals surface area contributed by atoms with Crippen LogP contribution in [0.3, 0.4) is 0 Å². The maximum absolute atomic E-state index is 2.40. The Hall–Kier alpha value is -15.9. The molecule has 0 amide bonds. The van der Waals surface area contributed by atoms with Crippen molar-refractivity contribution >= 4 is 118 Å². The van der Waals surface area contributed by atoms with Gasteiger partial charge in [-0.15, -0.1) is 0 Å². The molecule has 0 aromatic heterocycles. The van der Waals surface area contributed by atoms with Crippen LogP contribution in [0.15, 0.2) is 479 Å². The van der Waals surface area contributed by atoms with E-state index >= 15 is 0 Å². The molecule has 24 aromatic carbocycles. The van der Waals surface area contributed by atoms with Crippen molar-refractivity contribution in [2.75, 3.05) is 0 Å². The summed E-state index contributed by atoms with van der Waals surface area (Å²) in [5.41, 5.74) is 26.4. The van der Waals surface area contributed by atoms with E-state index < -0.39 is 0 Å². The van der Waals surface area contributed by atoms with E-state index in [9.17, 15) is 0 Å². The quantitative estimate of drug-likeness (QED) is 0.120.